The lowest BCUT2D eigenvalue weighted by Crippen LogP contribution is -2.28. The minimum atomic E-state index is -3.83. The fraction of sp³-hybridized carbons (Fsp3) is 0.100. The number of rotatable bonds is 8. The molecule has 10 heteroatoms. The van der Waals surface area contributed by atoms with Crippen LogP contribution in [0.4, 0.5) is 5.69 Å². The maximum Gasteiger partial charge on any atom is 0.340 e. The normalized spacial score (nSPS) is 11.0. The van der Waals surface area contributed by atoms with Crippen molar-refractivity contribution < 1.29 is 22.7 Å². The first-order chi connectivity index (χ1) is 14.3. The van der Waals surface area contributed by atoms with Crippen molar-refractivity contribution in [1.29, 1.82) is 0 Å². The number of carbonyl (C=O) groups is 2. The number of para-hydroxylation sites is 1. The molecular formula is C20H17ClN2O5S2. The topological polar surface area (TPSA) is 102 Å². The Morgan fingerprint density at radius 2 is 1.73 bits per heavy atom. The number of carbonyl (C=O) groups excluding carboxylic acids is 2. The van der Waals surface area contributed by atoms with E-state index in [-0.39, 0.29) is 22.0 Å². The minimum Gasteiger partial charge on any atom is -0.452 e. The van der Waals surface area contributed by atoms with Gasteiger partial charge in [0, 0.05) is 11.6 Å². The van der Waals surface area contributed by atoms with E-state index in [1.807, 2.05) is 0 Å². The molecule has 0 radical (unpaired) electrons. The highest BCUT2D eigenvalue weighted by molar-refractivity contribution is 7.94. The molecule has 1 aromatic heterocycles. The fourth-order valence-corrected chi connectivity index (χ4v) is 4.62. The van der Waals surface area contributed by atoms with Crippen LogP contribution in [0.25, 0.3) is 0 Å². The zero-order chi connectivity index (χ0) is 21.6. The molecule has 0 aliphatic carbocycles. The molecule has 30 heavy (non-hydrogen) atoms. The number of sulfonamides is 1. The third kappa shape index (κ3) is 5.82. The molecule has 0 saturated heterocycles. The standard InChI is InChI=1S/C20H17ClN2O5S2/c21-15-9-7-14(8-10-15)12-22-18(24)13-28-20(25)16-4-1-2-5-17(16)23-30(26,27)19-6-3-11-29-19/h1-11,23H,12-13H2,(H,22,24). The van der Waals surface area contributed by atoms with E-state index in [2.05, 4.69) is 10.0 Å². The second kappa shape index (κ2) is 9.75. The predicted octanol–water partition coefficient (Wildman–Crippen LogP) is 3.68. The van der Waals surface area contributed by atoms with Crippen molar-refractivity contribution in [3.63, 3.8) is 0 Å². The summed E-state index contributed by atoms with van der Waals surface area (Å²) in [5.74, 6) is -1.31. The van der Waals surface area contributed by atoms with E-state index in [1.165, 1.54) is 18.2 Å². The summed E-state index contributed by atoms with van der Waals surface area (Å²) < 4.78 is 32.4. The molecule has 0 fully saturated rings. The highest BCUT2D eigenvalue weighted by Gasteiger charge is 2.20. The fourth-order valence-electron chi connectivity index (χ4n) is 2.42. The predicted molar refractivity (Wildman–Crippen MR) is 115 cm³/mol. The Hall–Kier alpha value is -2.88. The third-order valence-corrected chi connectivity index (χ3v) is 6.90. The quantitative estimate of drug-likeness (QED) is 0.495. The van der Waals surface area contributed by atoms with Crippen LogP contribution in [0, 0.1) is 0 Å². The van der Waals surface area contributed by atoms with Gasteiger partial charge < -0.3 is 10.1 Å². The molecule has 0 spiro atoms. The van der Waals surface area contributed by atoms with Gasteiger partial charge in [-0.05, 0) is 41.3 Å². The van der Waals surface area contributed by atoms with Crippen LogP contribution in [0.1, 0.15) is 15.9 Å². The monoisotopic (exact) mass is 464 g/mol. The highest BCUT2D eigenvalue weighted by atomic mass is 35.5. The Morgan fingerprint density at radius 3 is 2.43 bits per heavy atom. The Bertz CT molecular complexity index is 1130. The summed E-state index contributed by atoms with van der Waals surface area (Å²) in [5, 5.41) is 4.85. The maximum absolute atomic E-state index is 12.4. The van der Waals surface area contributed by atoms with Gasteiger partial charge >= 0.3 is 5.97 Å². The average Bonchev–Trinajstić information content (AvgIpc) is 3.28. The van der Waals surface area contributed by atoms with Gasteiger partial charge in [0.15, 0.2) is 6.61 Å². The van der Waals surface area contributed by atoms with Gasteiger partial charge in [-0.2, -0.15) is 0 Å². The molecule has 7 nitrogen and oxygen atoms in total. The lowest BCUT2D eigenvalue weighted by molar-refractivity contribution is -0.124. The number of amides is 1. The first-order valence-corrected chi connectivity index (χ1v) is 11.4. The summed E-state index contributed by atoms with van der Waals surface area (Å²) >= 11 is 6.87. The molecule has 3 rings (SSSR count). The summed E-state index contributed by atoms with van der Waals surface area (Å²) in [6.07, 6.45) is 0. The minimum absolute atomic E-state index is 0.00290. The number of anilines is 1. The van der Waals surface area contributed by atoms with Gasteiger partial charge in [0.05, 0.1) is 11.3 Å². The Labute approximate surface area is 182 Å². The number of thiophene rings is 1. The van der Waals surface area contributed by atoms with Gasteiger partial charge in [-0.15, -0.1) is 11.3 Å². The molecule has 1 amide bonds. The molecule has 0 saturated carbocycles. The van der Waals surface area contributed by atoms with Gasteiger partial charge in [-0.25, -0.2) is 13.2 Å². The molecular weight excluding hydrogens is 448 g/mol. The summed E-state index contributed by atoms with van der Waals surface area (Å²) in [4.78, 5) is 24.4. The number of halogens is 1. The van der Waals surface area contributed by atoms with E-state index in [0.717, 1.165) is 16.9 Å². The summed E-state index contributed by atoms with van der Waals surface area (Å²) in [5.41, 5.74) is 0.910. The van der Waals surface area contributed by atoms with Crippen LogP contribution in [0.2, 0.25) is 5.02 Å². The van der Waals surface area contributed by atoms with Crippen molar-refractivity contribution in [3.05, 3.63) is 82.2 Å². The molecule has 2 N–H and O–H groups in total. The van der Waals surface area contributed by atoms with E-state index in [4.69, 9.17) is 16.3 Å². The highest BCUT2D eigenvalue weighted by Crippen LogP contribution is 2.23. The van der Waals surface area contributed by atoms with Gasteiger partial charge in [0.2, 0.25) is 0 Å². The lowest BCUT2D eigenvalue weighted by Gasteiger charge is -2.11. The lowest BCUT2D eigenvalue weighted by atomic mass is 10.2. The first kappa shape index (κ1) is 21.8. The molecule has 2 aromatic carbocycles. The Kier molecular flexibility index (Phi) is 7.09. The zero-order valence-electron chi connectivity index (χ0n) is 15.5. The number of esters is 1. The van der Waals surface area contributed by atoms with Crippen molar-refractivity contribution in [2.24, 2.45) is 0 Å². The smallest absolute Gasteiger partial charge is 0.340 e. The van der Waals surface area contributed by atoms with Crippen LogP contribution in [-0.4, -0.2) is 26.9 Å². The molecule has 1 heterocycles. The SMILES string of the molecule is O=C(COC(=O)c1ccccc1NS(=O)(=O)c1cccs1)NCc1ccc(Cl)cc1. The number of benzene rings is 2. The van der Waals surface area contributed by atoms with Gasteiger partial charge in [-0.1, -0.05) is 41.9 Å². The molecule has 156 valence electrons. The summed E-state index contributed by atoms with van der Waals surface area (Å²) in [7, 11) is -3.83. The number of hydrogen-bond acceptors (Lipinski definition) is 6. The zero-order valence-corrected chi connectivity index (χ0v) is 17.9. The van der Waals surface area contributed by atoms with Gasteiger partial charge in [0.25, 0.3) is 15.9 Å². The maximum atomic E-state index is 12.4. The van der Waals surface area contributed by atoms with Gasteiger partial charge in [-0.3, -0.25) is 9.52 Å². The van der Waals surface area contributed by atoms with Crippen LogP contribution in [-0.2, 0) is 26.1 Å². The molecule has 0 bridgehead atoms. The van der Waals surface area contributed by atoms with Crippen LogP contribution in [0.5, 0.6) is 0 Å². The molecule has 0 unspecified atom stereocenters. The van der Waals surface area contributed by atoms with Crippen LogP contribution in [0.15, 0.2) is 70.3 Å². The average molecular weight is 465 g/mol. The van der Waals surface area contributed by atoms with Crippen molar-refractivity contribution in [2.45, 2.75) is 10.8 Å². The van der Waals surface area contributed by atoms with Crippen molar-refractivity contribution >= 4 is 50.5 Å². The first-order valence-electron chi connectivity index (χ1n) is 8.69. The molecule has 0 aliphatic heterocycles. The van der Waals surface area contributed by atoms with Gasteiger partial charge in [0.1, 0.15) is 4.21 Å². The van der Waals surface area contributed by atoms with Crippen molar-refractivity contribution in [3.8, 4) is 0 Å². The van der Waals surface area contributed by atoms with Crippen molar-refractivity contribution in [2.75, 3.05) is 11.3 Å². The second-order valence-electron chi connectivity index (χ2n) is 6.06. The van der Waals surface area contributed by atoms with Crippen LogP contribution >= 0.6 is 22.9 Å². The van der Waals surface area contributed by atoms with Crippen LogP contribution in [0.3, 0.4) is 0 Å². The molecule has 3 aromatic rings. The van der Waals surface area contributed by atoms with E-state index >= 15 is 0 Å². The van der Waals surface area contributed by atoms with Crippen LogP contribution < -0.4 is 10.0 Å². The van der Waals surface area contributed by atoms with E-state index in [0.29, 0.717) is 5.02 Å². The summed E-state index contributed by atoms with van der Waals surface area (Å²) in [6.45, 7) is -0.247. The number of hydrogen-bond donors (Lipinski definition) is 2. The van der Waals surface area contributed by atoms with Crippen molar-refractivity contribution in [1.82, 2.24) is 5.32 Å². The second-order valence-corrected chi connectivity index (χ2v) is 9.36. The molecule has 0 aliphatic rings. The van der Waals surface area contributed by atoms with E-state index in [1.54, 1.807) is 47.8 Å². The van der Waals surface area contributed by atoms with E-state index in [9.17, 15) is 18.0 Å². The third-order valence-electron chi connectivity index (χ3n) is 3.89. The Morgan fingerprint density at radius 1 is 1.00 bits per heavy atom. The summed E-state index contributed by atoms with van der Waals surface area (Å²) in [6, 6.07) is 16.0. The largest absolute Gasteiger partial charge is 0.452 e. The Balaban J connectivity index is 1.59. The van der Waals surface area contributed by atoms with E-state index < -0.39 is 28.5 Å². The number of ether oxygens (including phenoxy) is 1. The number of nitrogens with one attached hydrogen (secondary N) is 2. The molecule has 0 atom stereocenters.